The monoisotopic (exact) mass is 335 g/mol. The van der Waals surface area contributed by atoms with Gasteiger partial charge >= 0.3 is 0 Å². The first-order chi connectivity index (χ1) is 9.37. The molecule has 0 N–H and O–H groups in total. The van der Waals surface area contributed by atoms with Gasteiger partial charge in [-0.1, -0.05) is 24.6 Å². The van der Waals surface area contributed by atoms with Crippen LogP contribution in [0.1, 0.15) is 32.3 Å². The summed E-state index contributed by atoms with van der Waals surface area (Å²) in [6.07, 6.45) is 1.97. The van der Waals surface area contributed by atoms with Crippen molar-refractivity contribution in [1.29, 1.82) is 0 Å². The smallest absolute Gasteiger partial charge is 0.207 e. The van der Waals surface area contributed by atoms with Crippen molar-refractivity contribution in [3.63, 3.8) is 0 Å². The van der Waals surface area contributed by atoms with Gasteiger partial charge in [-0.15, -0.1) is 11.6 Å². The second-order valence-corrected chi connectivity index (χ2v) is 7.93. The third kappa shape index (κ3) is 2.98. The van der Waals surface area contributed by atoms with Crippen molar-refractivity contribution in [2.45, 2.75) is 43.5 Å². The third-order valence-electron chi connectivity index (χ3n) is 4.09. The number of rotatable bonds is 3. The summed E-state index contributed by atoms with van der Waals surface area (Å²) >= 11 is 11.8. The third-order valence-corrected chi connectivity index (χ3v) is 6.71. The van der Waals surface area contributed by atoms with Crippen LogP contribution in [0.5, 0.6) is 0 Å². The van der Waals surface area contributed by atoms with E-state index < -0.39 is 10.0 Å². The van der Waals surface area contributed by atoms with Crippen molar-refractivity contribution in [3.05, 3.63) is 28.8 Å². The number of hydrogen-bond donors (Lipinski definition) is 0. The van der Waals surface area contributed by atoms with E-state index in [2.05, 4.69) is 6.92 Å². The molecule has 0 aliphatic carbocycles. The standard InChI is InChI=1S/C14H19Cl2NO2S/c1-10-4-3-7-17(11(10)2)20(18,19)13-6-5-12(9-15)14(16)8-13/h5-6,8,10-11H,3-4,7,9H2,1-2H3. The van der Waals surface area contributed by atoms with E-state index in [9.17, 15) is 8.42 Å². The Morgan fingerprint density at radius 1 is 1.35 bits per heavy atom. The van der Waals surface area contributed by atoms with Gasteiger partial charge in [0.05, 0.1) is 4.90 Å². The summed E-state index contributed by atoms with van der Waals surface area (Å²) in [6, 6.07) is 4.78. The van der Waals surface area contributed by atoms with Crippen molar-refractivity contribution < 1.29 is 8.42 Å². The summed E-state index contributed by atoms with van der Waals surface area (Å²) in [6.45, 7) is 4.63. The fourth-order valence-electron chi connectivity index (χ4n) is 2.57. The summed E-state index contributed by atoms with van der Waals surface area (Å²) in [5.41, 5.74) is 0.743. The molecule has 1 saturated heterocycles. The Kier molecular flexibility index (Phi) is 5.00. The van der Waals surface area contributed by atoms with Crippen LogP contribution in [0.3, 0.4) is 0 Å². The number of sulfonamides is 1. The summed E-state index contributed by atoms with van der Waals surface area (Å²) in [4.78, 5) is 0.248. The average molecular weight is 336 g/mol. The van der Waals surface area contributed by atoms with Gasteiger partial charge < -0.3 is 0 Å². The molecule has 2 unspecified atom stereocenters. The summed E-state index contributed by atoms with van der Waals surface area (Å²) < 4.78 is 27.0. The van der Waals surface area contributed by atoms with Crippen molar-refractivity contribution >= 4 is 33.2 Å². The number of hydrogen-bond acceptors (Lipinski definition) is 2. The van der Waals surface area contributed by atoms with Crippen molar-refractivity contribution in [2.24, 2.45) is 5.92 Å². The second-order valence-electron chi connectivity index (χ2n) is 5.36. The molecule has 1 aromatic rings. The molecule has 6 heteroatoms. The van der Waals surface area contributed by atoms with Gasteiger partial charge in [0.2, 0.25) is 10.0 Å². The zero-order valence-corrected chi connectivity index (χ0v) is 14.0. The molecule has 0 spiro atoms. The Morgan fingerprint density at radius 2 is 2.05 bits per heavy atom. The van der Waals surface area contributed by atoms with Crippen molar-refractivity contribution in [2.75, 3.05) is 6.54 Å². The molecule has 0 radical (unpaired) electrons. The van der Waals surface area contributed by atoms with Gasteiger partial charge in [-0.05, 0) is 43.4 Å². The quantitative estimate of drug-likeness (QED) is 0.786. The van der Waals surface area contributed by atoms with Crippen LogP contribution in [0, 0.1) is 5.92 Å². The van der Waals surface area contributed by atoms with Crippen LogP contribution in [0.4, 0.5) is 0 Å². The van der Waals surface area contributed by atoms with E-state index >= 15 is 0 Å². The van der Waals surface area contributed by atoms with E-state index in [4.69, 9.17) is 23.2 Å². The molecule has 2 atom stereocenters. The lowest BCUT2D eigenvalue weighted by atomic mass is 9.94. The van der Waals surface area contributed by atoms with Gasteiger partial charge in [-0.25, -0.2) is 8.42 Å². The Balaban J connectivity index is 2.37. The molecule has 1 aliphatic heterocycles. The highest BCUT2D eigenvalue weighted by atomic mass is 35.5. The molecule has 1 heterocycles. The summed E-state index contributed by atoms with van der Waals surface area (Å²) in [7, 11) is -3.49. The number of nitrogens with zero attached hydrogens (tertiary/aromatic N) is 1. The van der Waals surface area contributed by atoms with Gasteiger partial charge in [0.25, 0.3) is 0 Å². The largest absolute Gasteiger partial charge is 0.243 e. The predicted molar refractivity (Wildman–Crippen MR) is 82.8 cm³/mol. The highest BCUT2D eigenvalue weighted by Crippen LogP contribution is 2.30. The molecular formula is C14H19Cl2NO2S. The molecule has 1 fully saturated rings. The zero-order chi connectivity index (χ0) is 14.9. The number of piperidine rings is 1. The molecule has 1 aromatic carbocycles. The van der Waals surface area contributed by atoms with E-state index in [0.29, 0.717) is 17.5 Å². The molecule has 1 aliphatic rings. The molecular weight excluding hydrogens is 317 g/mol. The average Bonchev–Trinajstić information content (AvgIpc) is 2.41. The van der Waals surface area contributed by atoms with Crippen LogP contribution in [-0.2, 0) is 15.9 Å². The molecule has 0 saturated carbocycles. The SMILES string of the molecule is CC1CCCN(S(=O)(=O)c2ccc(CCl)c(Cl)c2)C1C. The molecule has 0 bridgehead atoms. The lowest BCUT2D eigenvalue weighted by molar-refractivity contribution is 0.202. The zero-order valence-electron chi connectivity index (χ0n) is 11.6. The normalized spacial score (nSPS) is 24.8. The number of alkyl halides is 1. The van der Waals surface area contributed by atoms with Crippen LogP contribution >= 0.6 is 23.2 Å². The van der Waals surface area contributed by atoms with Crippen LogP contribution in [0.15, 0.2) is 23.1 Å². The molecule has 0 amide bonds. The van der Waals surface area contributed by atoms with Gasteiger partial charge in [0.15, 0.2) is 0 Å². The van der Waals surface area contributed by atoms with Gasteiger partial charge in [0, 0.05) is 23.5 Å². The molecule has 20 heavy (non-hydrogen) atoms. The topological polar surface area (TPSA) is 37.4 Å². The lowest BCUT2D eigenvalue weighted by Gasteiger charge is -2.36. The van der Waals surface area contributed by atoms with E-state index in [0.717, 1.165) is 18.4 Å². The van der Waals surface area contributed by atoms with Crippen LogP contribution in [0.2, 0.25) is 5.02 Å². The van der Waals surface area contributed by atoms with Crippen LogP contribution in [0.25, 0.3) is 0 Å². The minimum atomic E-state index is -3.49. The Bertz CT molecular complexity index is 589. The number of benzene rings is 1. The molecule has 3 nitrogen and oxygen atoms in total. The van der Waals surface area contributed by atoms with E-state index in [1.807, 2.05) is 6.92 Å². The van der Waals surface area contributed by atoms with E-state index in [-0.39, 0.29) is 16.8 Å². The first-order valence-electron chi connectivity index (χ1n) is 6.74. The molecule has 112 valence electrons. The number of halogens is 2. The Labute approximate surface area is 130 Å². The van der Waals surface area contributed by atoms with Crippen LogP contribution in [-0.4, -0.2) is 25.3 Å². The highest BCUT2D eigenvalue weighted by Gasteiger charge is 2.34. The molecule has 2 rings (SSSR count). The maximum absolute atomic E-state index is 12.7. The maximum Gasteiger partial charge on any atom is 0.243 e. The Hall–Kier alpha value is -0.290. The first kappa shape index (κ1) is 16.1. The minimum Gasteiger partial charge on any atom is -0.207 e. The highest BCUT2D eigenvalue weighted by molar-refractivity contribution is 7.89. The van der Waals surface area contributed by atoms with Gasteiger partial charge in [-0.2, -0.15) is 4.31 Å². The van der Waals surface area contributed by atoms with Gasteiger partial charge in [-0.3, -0.25) is 0 Å². The summed E-state index contributed by atoms with van der Waals surface area (Å²) in [5, 5.41) is 0.402. The fourth-order valence-corrected chi connectivity index (χ4v) is 4.98. The fraction of sp³-hybridized carbons (Fsp3) is 0.571. The maximum atomic E-state index is 12.7. The van der Waals surface area contributed by atoms with Gasteiger partial charge in [0.1, 0.15) is 0 Å². The minimum absolute atomic E-state index is 0.0141. The van der Waals surface area contributed by atoms with Crippen molar-refractivity contribution in [3.8, 4) is 0 Å². The van der Waals surface area contributed by atoms with E-state index in [1.165, 1.54) is 6.07 Å². The second kappa shape index (κ2) is 6.22. The lowest BCUT2D eigenvalue weighted by Crippen LogP contribution is -2.45. The van der Waals surface area contributed by atoms with Crippen molar-refractivity contribution in [1.82, 2.24) is 4.31 Å². The Morgan fingerprint density at radius 3 is 2.65 bits per heavy atom. The first-order valence-corrected chi connectivity index (χ1v) is 9.09. The predicted octanol–water partition coefficient (Wildman–Crippen LogP) is 3.89. The molecule has 0 aromatic heterocycles. The summed E-state index contributed by atoms with van der Waals surface area (Å²) in [5.74, 6) is 0.646. The van der Waals surface area contributed by atoms with E-state index in [1.54, 1.807) is 16.4 Å². The van der Waals surface area contributed by atoms with Crippen LogP contribution < -0.4 is 0 Å².